The molecule has 3 aromatic rings. The smallest absolute Gasteiger partial charge is 0.241 e. The fraction of sp³-hybridized carbons (Fsp3) is 0.368. The van der Waals surface area contributed by atoms with Gasteiger partial charge in [-0.3, -0.25) is 14.8 Å². The van der Waals surface area contributed by atoms with Crippen molar-refractivity contribution >= 4 is 0 Å². The summed E-state index contributed by atoms with van der Waals surface area (Å²) in [5, 5.41) is 3.99. The summed E-state index contributed by atoms with van der Waals surface area (Å²) in [6.07, 6.45) is 5.83. The summed E-state index contributed by atoms with van der Waals surface area (Å²) in [5.41, 5.74) is 1.34. The van der Waals surface area contributed by atoms with E-state index in [0.717, 1.165) is 38.2 Å². The van der Waals surface area contributed by atoms with Crippen LogP contribution < -0.4 is 0 Å². The maximum Gasteiger partial charge on any atom is 0.241 e. The number of hydrogen-bond acceptors (Lipinski definition) is 7. The molecule has 1 aliphatic rings. The molecule has 140 valence electrons. The third-order valence-corrected chi connectivity index (χ3v) is 4.65. The largest absolute Gasteiger partial charge is 0.337 e. The summed E-state index contributed by atoms with van der Waals surface area (Å²) in [6.45, 7) is 4.87. The molecule has 7 nitrogen and oxygen atoms in total. The topological polar surface area (TPSA) is 71.2 Å². The normalized spacial score (nSPS) is 16.3. The predicted molar refractivity (Wildman–Crippen MR) is 96.9 cm³/mol. The lowest BCUT2D eigenvalue weighted by Crippen LogP contribution is -2.30. The van der Waals surface area contributed by atoms with Gasteiger partial charge in [0.1, 0.15) is 11.5 Å². The maximum atomic E-state index is 13.9. The van der Waals surface area contributed by atoms with Gasteiger partial charge in [-0.15, -0.1) is 0 Å². The van der Waals surface area contributed by atoms with E-state index in [2.05, 4.69) is 29.9 Å². The fourth-order valence-corrected chi connectivity index (χ4v) is 3.24. The molecule has 0 unspecified atom stereocenters. The average molecular weight is 368 g/mol. The highest BCUT2D eigenvalue weighted by atomic mass is 19.1. The van der Waals surface area contributed by atoms with Crippen molar-refractivity contribution in [2.45, 2.75) is 19.5 Å². The Kier molecular flexibility index (Phi) is 5.45. The van der Waals surface area contributed by atoms with Crippen LogP contribution in [0.1, 0.15) is 17.9 Å². The summed E-state index contributed by atoms with van der Waals surface area (Å²) in [7, 11) is 0. The van der Waals surface area contributed by atoms with Gasteiger partial charge in [0.15, 0.2) is 0 Å². The molecule has 4 rings (SSSR count). The Morgan fingerprint density at radius 1 is 1.00 bits per heavy atom. The van der Waals surface area contributed by atoms with Gasteiger partial charge in [-0.25, -0.2) is 9.37 Å². The molecular weight excluding hydrogens is 347 g/mol. The quantitative estimate of drug-likeness (QED) is 0.685. The van der Waals surface area contributed by atoms with Gasteiger partial charge in [-0.1, -0.05) is 23.4 Å². The molecule has 8 heteroatoms. The molecule has 1 saturated heterocycles. The van der Waals surface area contributed by atoms with Crippen LogP contribution in [0.5, 0.6) is 0 Å². The second kappa shape index (κ2) is 8.32. The molecule has 1 aliphatic heterocycles. The number of aromatic nitrogens is 4. The molecule has 0 atom stereocenters. The summed E-state index contributed by atoms with van der Waals surface area (Å²) in [5.74, 6) is 0.883. The molecule has 0 bridgehead atoms. The highest BCUT2D eigenvalue weighted by Crippen LogP contribution is 2.15. The van der Waals surface area contributed by atoms with Crippen LogP contribution in [0.25, 0.3) is 11.5 Å². The molecule has 2 aromatic heterocycles. The SMILES string of the molecule is Fc1ccccc1CN1CCCN(Cc2nc(-c3cnccn3)no2)CC1. The lowest BCUT2D eigenvalue weighted by atomic mass is 10.2. The van der Waals surface area contributed by atoms with Crippen molar-refractivity contribution in [1.82, 2.24) is 29.9 Å². The molecule has 0 amide bonds. The Bertz CT molecular complexity index is 871. The lowest BCUT2D eigenvalue weighted by molar-refractivity contribution is 0.221. The second-order valence-corrected chi connectivity index (χ2v) is 6.60. The van der Waals surface area contributed by atoms with Crippen LogP contribution in [0.15, 0.2) is 47.4 Å². The highest BCUT2D eigenvalue weighted by molar-refractivity contribution is 5.45. The van der Waals surface area contributed by atoms with Crippen molar-refractivity contribution in [3.8, 4) is 11.5 Å². The Morgan fingerprint density at radius 3 is 2.59 bits per heavy atom. The van der Waals surface area contributed by atoms with Crippen LogP contribution in [0.4, 0.5) is 4.39 Å². The number of nitrogens with zero attached hydrogens (tertiary/aromatic N) is 6. The molecule has 1 aromatic carbocycles. The Morgan fingerprint density at radius 2 is 1.81 bits per heavy atom. The summed E-state index contributed by atoms with van der Waals surface area (Å²) < 4.78 is 19.2. The van der Waals surface area contributed by atoms with Crippen LogP contribution in [0.2, 0.25) is 0 Å². The van der Waals surface area contributed by atoms with Crippen LogP contribution in [0, 0.1) is 5.82 Å². The van der Waals surface area contributed by atoms with Crippen molar-refractivity contribution in [2.75, 3.05) is 26.2 Å². The Hall–Kier alpha value is -2.71. The van der Waals surface area contributed by atoms with Crippen molar-refractivity contribution in [1.29, 1.82) is 0 Å². The van der Waals surface area contributed by atoms with Crippen LogP contribution in [0.3, 0.4) is 0 Å². The van der Waals surface area contributed by atoms with E-state index >= 15 is 0 Å². The standard InChI is InChI=1S/C19H21FN6O/c20-16-5-2-1-4-15(16)13-25-8-3-9-26(11-10-25)14-18-23-19(24-27-18)17-12-21-6-7-22-17/h1-2,4-7,12H,3,8-11,13-14H2. The van der Waals surface area contributed by atoms with E-state index in [1.165, 1.54) is 6.07 Å². The van der Waals surface area contributed by atoms with Gasteiger partial charge in [0.05, 0.1) is 12.7 Å². The van der Waals surface area contributed by atoms with E-state index in [4.69, 9.17) is 4.52 Å². The van der Waals surface area contributed by atoms with Crippen molar-refractivity contribution in [3.05, 3.63) is 60.1 Å². The van der Waals surface area contributed by atoms with Gasteiger partial charge in [0.2, 0.25) is 11.7 Å². The second-order valence-electron chi connectivity index (χ2n) is 6.60. The first-order chi connectivity index (χ1) is 13.3. The first-order valence-electron chi connectivity index (χ1n) is 9.05. The first-order valence-corrected chi connectivity index (χ1v) is 9.05. The molecule has 0 aliphatic carbocycles. The predicted octanol–water partition coefficient (Wildman–Crippen LogP) is 2.37. The zero-order valence-electron chi connectivity index (χ0n) is 15.0. The third kappa shape index (κ3) is 4.53. The summed E-state index contributed by atoms with van der Waals surface area (Å²) in [6, 6.07) is 6.98. The first kappa shape index (κ1) is 17.7. The molecular formula is C19H21FN6O. The van der Waals surface area contributed by atoms with Gasteiger partial charge < -0.3 is 4.52 Å². The highest BCUT2D eigenvalue weighted by Gasteiger charge is 2.19. The van der Waals surface area contributed by atoms with Crippen LogP contribution >= 0.6 is 0 Å². The zero-order chi connectivity index (χ0) is 18.5. The van der Waals surface area contributed by atoms with Gasteiger partial charge >= 0.3 is 0 Å². The maximum absolute atomic E-state index is 13.9. The van der Waals surface area contributed by atoms with Crippen LogP contribution in [-0.2, 0) is 13.1 Å². The van der Waals surface area contributed by atoms with E-state index in [0.29, 0.717) is 30.5 Å². The Balaban J connectivity index is 1.34. The number of hydrogen-bond donors (Lipinski definition) is 0. The third-order valence-electron chi connectivity index (χ3n) is 4.65. The minimum atomic E-state index is -0.138. The van der Waals surface area contributed by atoms with Crippen molar-refractivity contribution < 1.29 is 8.91 Å². The molecule has 0 N–H and O–H groups in total. The van der Waals surface area contributed by atoms with E-state index in [9.17, 15) is 4.39 Å². The van der Waals surface area contributed by atoms with Crippen molar-refractivity contribution in [3.63, 3.8) is 0 Å². The Labute approximate surface area is 156 Å². The monoisotopic (exact) mass is 368 g/mol. The molecule has 0 radical (unpaired) electrons. The van der Waals surface area contributed by atoms with Gasteiger partial charge in [0, 0.05) is 37.6 Å². The van der Waals surface area contributed by atoms with E-state index in [1.807, 2.05) is 12.1 Å². The number of rotatable bonds is 5. The fourth-order valence-electron chi connectivity index (χ4n) is 3.24. The van der Waals surface area contributed by atoms with E-state index < -0.39 is 0 Å². The number of benzene rings is 1. The molecule has 1 fully saturated rings. The van der Waals surface area contributed by atoms with Crippen LogP contribution in [-0.4, -0.2) is 56.1 Å². The molecule has 0 spiro atoms. The van der Waals surface area contributed by atoms with Gasteiger partial charge in [-0.05, 0) is 25.6 Å². The van der Waals surface area contributed by atoms with E-state index in [1.54, 1.807) is 24.7 Å². The summed E-state index contributed by atoms with van der Waals surface area (Å²) in [4.78, 5) is 17.2. The van der Waals surface area contributed by atoms with Gasteiger partial charge in [0.25, 0.3) is 0 Å². The minimum absolute atomic E-state index is 0.138. The lowest BCUT2D eigenvalue weighted by Gasteiger charge is -2.21. The van der Waals surface area contributed by atoms with Gasteiger partial charge in [-0.2, -0.15) is 4.98 Å². The summed E-state index contributed by atoms with van der Waals surface area (Å²) >= 11 is 0. The van der Waals surface area contributed by atoms with E-state index in [-0.39, 0.29) is 5.82 Å². The van der Waals surface area contributed by atoms with Crippen molar-refractivity contribution in [2.24, 2.45) is 0 Å². The zero-order valence-corrected chi connectivity index (χ0v) is 15.0. The average Bonchev–Trinajstić information content (AvgIpc) is 3.05. The molecule has 27 heavy (non-hydrogen) atoms. The minimum Gasteiger partial charge on any atom is -0.337 e. The molecule has 3 heterocycles. The molecule has 0 saturated carbocycles. The number of halogens is 1.